The normalized spacial score (nSPS) is 11.8. The molecular formula is C22H28N2O2. The fraction of sp³-hybridized carbons (Fsp3) is 0.364. The van der Waals surface area contributed by atoms with Gasteiger partial charge in [0, 0.05) is 0 Å². The number of hydrogen-bond acceptors (Lipinski definition) is 4. The Balaban J connectivity index is 1.83. The van der Waals surface area contributed by atoms with E-state index in [1.165, 1.54) is 0 Å². The Morgan fingerprint density at radius 1 is 0.654 bits per heavy atom. The fourth-order valence-electron chi connectivity index (χ4n) is 2.03. The molecular weight excluding hydrogens is 324 g/mol. The molecule has 0 N–H and O–H groups in total. The molecule has 0 aliphatic rings. The van der Waals surface area contributed by atoms with E-state index in [0.717, 1.165) is 35.8 Å². The highest BCUT2D eigenvalue weighted by Gasteiger charge is 1.98. The highest BCUT2D eigenvalue weighted by atomic mass is 16.5. The van der Waals surface area contributed by atoms with Crippen molar-refractivity contribution in [3.63, 3.8) is 0 Å². The minimum atomic E-state index is 0.515. The number of nitrogens with zero attached hydrogens (tertiary/aromatic N) is 2. The van der Waals surface area contributed by atoms with Crippen molar-refractivity contribution in [2.24, 2.45) is 22.0 Å². The van der Waals surface area contributed by atoms with Gasteiger partial charge in [-0.25, -0.2) is 0 Å². The van der Waals surface area contributed by atoms with E-state index >= 15 is 0 Å². The number of benzene rings is 2. The van der Waals surface area contributed by atoms with Crippen molar-refractivity contribution in [1.82, 2.24) is 0 Å². The molecule has 26 heavy (non-hydrogen) atoms. The quantitative estimate of drug-likeness (QED) is 0.459. The molecule has 2 aromatic rings. The molecule has 0 amide bonds. The first-order valence-corrected chi connectivity index (χ1v) is 9.05. The molecule has 0 aromatic heterocycles. The summed E-state index contributed by atoms with van der Waals surface area (Å²) in [5.74, 6) is 2.78. The molecule has 0 fully saturated rings. The van der Waals surface area contributed by atoms with E-state index in [9.17, 15) is 0 Å². The minimum Gasteiger partial charge on any atom is -0.493 e. The molecule has 0 spiro atoms. The molecule has 2 aromatic carbocycles. The Morgan fingerprint density at radius 2 is 1.00 bits per heavy atom. The van der Waals surface area contributed by atoms with Crippen molar-refractivity contribution in [1.29, 1.82) is 0 Å². The summed E-state index contributed by atoms with van der Waals surface area (Å²) in [6.07, 6.45) is 3.45. The van der Waals surface area contributed by atoms with E-state index in [-0.39, 0.29) is 0 Å². The second-order valence-electron chi connectivity index (χ2n) is 7.04. The third kappa shape index (κ3) is 7.51. The van der Waals surface area contributed by atoms with Crippen LogP contribution >= 0.6 is 0 Å². The lowest BCUT2D eigenvalue weighted by atomic mass is 10.2. The Bertz CT molecular complexity index is 638. The van der Waals surface area contributed by atoms with E-state index in [2.05, 4.69) is 37.9 Å². The Kier molecular flexibility index (Phi) is 7.87. The van der Waals surface area contributed by atoms with Gasteiger partial charge >= 0.3 is 0 Å². The average molecular weight is 352 g/mol. The zero-order valence-corrected chi connectivity index (χ0v) is 16.1. The van der Waals surface area contributed by atoms with Gasteiger partial charge in [-0.1, -0.05) is 27.7 Å². The Labute approximate surface area is 156 Å². The summed E-state index contributed by atoms with van der Waals surface area (Å²) in [6, 6.07) is 15.7. The van der Waals surface area contributed by atoms with Crippen LogP contribution in [0.25, 0.3) is 0 Å². The molecule has 0 unspecified atom stereocenters. The summed E-state index contributed by atoms with van der Waals surface area (Å²) in [7, 11) is 0. The predicted octanol–water partition coefficient (Wildman–Crippen LogP) is 5.21. The van der Waals surface area contributed by atoms with Gasteiger partial charge in [-0.3, -0.25) is 0 Å². The summed E-state index contributed by atoms with van der Waals surface area (Å²) in [5.41, 5.74) is 1.97. The van der Waals surface area contributed by atoms with Crippen LogP contribution < -0.4 is 9.47 Å². The number of hydrogen-bond donors (Lipinski definition) is 0. The van der Waals surface area contributed by atoms with Crippen LogP contribution in [0.15, 0.2) is 58.7 Å². The second kappa shape index (κ2) is 10.4. The largest absolute Gasteiger partial charge is 0.493 e. The van der Waals surface area contributed by atoms with Gasteiger partial charge in [0.2, 0.25) is 0 Å². The molecule has 2 rings (SSSR count). The number of ether oxygens (including phenoxy) is 2. The maximum Gasteiger partial charge on any atom is 0.119 e. The van der Waals surface area contributed by atoms with Gasteiger partial charge in [0.25, 0.3) is 0 Å². The van der Waals surface area contributed by atoms with E-state index in [1.54, 1.807) is 12.4 Å². The van der Waals surface area contributed by atoms with E-state index in [0.29, 0.717) is 11.8 Å². The lowest BCUT2D eigenvalue weighted by Gasteiger charge is -2.08. The van der Waals surface area contributed by atoms with Crippen LogP contribution in [0.4, 0.5) is 0 Å². The fourth-order valence-corrected chi connectivity index (χ4v) is 2.03. The van der Waals surface area contributed by atoms with Crippen molar-refractivity contribution in [3.8, 4) is 11.5 Å². The van der Waals surface area contributed by atoms with Gasteiger partial charge in [-0.15, -0.1) is 0 Å². The third-order valence-electron chi connectivity index (χ3n) is 3.41. The zero-order chi connectivity index (χ0) is 18.8. The van der Waals surface area contributed by atoms with E-state index in [4.69, 9.17) is 9.47 Å². The number of rotatable bonds is 9. The molecule has 0 atom stereocenters. The summed E-state index contributed by atoms with van der Waals surface area (Å²) in [6.45, 7) is 9.96. The average Bonchev–Trinajstić information content (AvgIpc) is 2.63. The summed E-state index contributed by atoms with van der Waals surface area (Å²) >= 11 is 0. The molecule has 0 saturated heterocycles. The van der Waals surface area contributed by atoms with Crippen molar-refractivity contribution in [3.05, 3.63) is 59.7 Å². The summed E-state index contributed by atoms with van der Waals surface area (Å²) in [4.78, 5) is 0. The van der Waals surface area contributed by atoms with Gasteiger partial charge < -0.3 is 9.47 Å². The summed E-state index contributed by atoms with van der Waals surface area (Å²) < 4.78 is 11.3. The van der Waals surface area contributed by atoms with Crippen LogP contribution in [-0.4, -0.2) is 25.6 Å². The SMILES string of the molecule is CC(C)COc1ccc(/C=N/N=C/c2ccc(OCC(C)C)cc2)cc1. The Hall–Kier alpha value is -2.62. The minimum absolute atomic E-state index is 0.515. The predicted molar refractivity (Wildman–Crippen MR) is 109 cm³/mol. The lowest BCUT2D eigenvalue weighted by Crippen LogP contribution is -2.04. The molecule has 0 aliphatic heterocycles. The highest BCUT2D eigenvalue weighted by molar-refractivity contribution is 5.82. The molecule has 4 nitrogen and oxygen atoms in total. The maximum absolute atomic E-state index is 5.66. The van der Waals surface area contributed by atoms with Crippen molar-refractivity contribution in [2.75, 3.05) is 13.2 Å². The Morgan fingerprint density at radius 3 is 1.31 bits per heavy atom. The third-order valence-corrected chi connectivity index (χ3v) is 3.41. The molecule has 0 heterocycles. The second-order valence-corrected chi connectivity index (χ2v) is 7.04. The van der Waals surface area contributed by atoms with Gasteiger partial charge in [-0.2, -0.15) is 10.2 Å². The van der Waals surface area contributed by atoms with Gasteiger partial charge in [0.1, 0.15) is 11.5 Å². The van der Waals surface area contributed by atoms with Gasteiger partial charge in [0.15, 0.2) is 0 Å². The van der Waals surface area contributed by atoms with Crippen molar-refractivity contribution < 1.29 is 9.47 Å². The van der Waals surface area contributed by atoms with Gasteiger partial charge in [0.05, 0.1) is 25.6 Å². The van der Waals surface area contributed by atoms with Crippen LogP contribution in [0.3, 0.4) is 0 Å². The lowest BCUT2D eigenvalue weighted by molar-refractivity contribution is 0.271. The molecule has 0 bridgehead atoms. The zero-order valence-electron chi connectivity index (χ0n) is 16.1. The van der Waals surface area contributed by atoms with Gasteiger partial charge in [-0.05, 0) is 71.5 Å². The first-order valence-electron chi connectivity index (χ1n) is 9.05. The molecule has 138 valence electrons. The van der Waals surface area contributed by atoms with Crippen LogP contribution in [0.1, 0.15) is 38.8 Å². The summed E-state index contributed by atoms with van der Waals surface area (Å²) in [5, 5.41) is 8.19. The highest BCUT2D eigenvalue weighted by Crippen LogP contribution is 2.13. The first kappa shape index (κ1) is 19.7. The maximum atomic E-state index is 5.66. The van der Waals surface area contributed by atoms with Crippen LogP contribution in [0, 0.1) is 11.8 Å². The first-order chi connectivity index (χ1) is 12.5. The smallest absolute Gasteiger partial charge is 0.119 e. The van der Waals surface area contributed by atoms with Crippen molar-refractivity contribution >= 4 is 12.4 Å². The molecule has 0 aliphatic carbocycles. The van der Waals surface area contributed by atoms with E-state index in [1.807, 2.05) is 48.5 Å². The standard InChI is InChI=1S/C22H28N2O2/c1-17(2)15-25-21-9-5-19(6-10-21)13-23-24-14-20-7-11-22(12-8-20)26-16-18(3)4/h5-14,17-18H,15-16H2,1-4H3/b23-13+,24-14+. The van der Waals surface area contributed by atoms with Crippen LogP contribution in [0.5, 0.6) is 11.5 Å². The topological polar surface area (TPSA) is 43.2 Å². The molecule has 0 radical (unpaired) electrons. The van der Waals surface area contributed by atoms with Crippen LogP contribution in [0.2, 0.25) is 0 Å². The van der Waals surface area contributed by atoms with E-state index < -0.39 is 0 Å². The monoisotopic (exact) mass is 352 g/mol. The molecule has 4 heteroatoms. The molecule has 0 saturated carbocycles. The van der Waals surface area contributed by atoms with Crippen molar-refractivity contribution in [2.45, 2.75) is 27.7 Å². The van der Waals surface area contributed by atoms with Crippen LogP contribution in [-0.2, 0) is 0 Å².